The molecule has 0 atom stereocenters. The summed E-state index contributed by atoms with van der Waals surface area (Å²) < 4.78 is 43.5. The summed E-state index contributed by atoms with van der Waals surface area (Å²) in [5.41, 5.74) is 1.36. The molecule has 1 aliphatic rings. The minimum absolute atomic E-state index is 0.00958. The Morgan fingerprint density at radius 3 is 2.39 bits per heavy atom. The first-order valence-corrected chi connectivity index (χ1v) is 15.0. The second kappa shape index (κ2) is 11.3. The Bertz CT molecular complexity index is 1520. The smallest absolute Gasteiger partial charge is 0.260 e. The predicted octanol–water partition coefficient (Wildman–Crippen LogP) is 6.02. The third kappa shape index (κ3) is 5.34. The first-order chi connectivity index (χ1) is 18.4. The van der Waals surface area contributed by atoms with E-state index in [0.717, 1.165) is 37.7 Å². The SMILES string of the molecule is CCN(C1CCCCC1)S(=O)(=O)c1ccc(C(=O)N(Cc2ccncc2)c2nc3c(F)cccc3s2)cc1. The van der Waals surface area contributed by atoms with Gasteiger partial charge in [-0.2, -0.15) is 4.31 Å². The number of hydrogen-bond acceptors (Lipinski definition) is 6. The minimum atomic E-state index is -3.69. The highest BCUT2D eigenvalue weighted by atomic mass is 32.2. The molecule has 2 aromatic carbocycles. The van der Waals surface area contributed by atoms with Gasteiger partial charge >= 0.3 is 0 Å². The quantitative estimate of drug-likeness (QED) is 0.267. The zero-order valence-corrected chi connectivity index (χ0v) is 22.7. The van der Waals surface area contributed by atoms with Crippen LogP contribution in [-0.2, 0) is 16.6 Å². The van der Waals surface area contributed by atoms with Gasteiger partial charge in [0.1, 0.15) is 11.3 Å². The fourth-order valence-corrected chi connectivity index (χ4v) is 7.64. The van der Waals surface area contributed by atoms with Gasteiger partial charge in [-0.15, -0.1) is 0 Å². The van der Waals surface area contributed by atoms with Crippen molar-refractivity contribution < 1.29 is 17.6 Å². The number of benzene rings is 2. The molecule has 1 saturated carbocycles. The number of hydrogen-bond donors (Lipinski definition) is 0. The molecule has 2 heterocycles. The van der Waals surface area contributed by atoms with E-state index in [2.05, 4.69) is 9.97 Å². The number of carbonyl (C=O) groups excluding carboxylic acids is 1. The summed E-state index contributed by atoms with van der Waals surface area (Å²) in [4.78, 5) is 23.9. The van der Waals surface area contributed by atoms with E-state index in [0.29, 0.717) is 21.9 Å². The van der Waals surface area contributed by atoms with Crippen molar-refractivity contribution in [2.45, 2.75) is 56.5 Å². The van der Waals surface area contributed by atoms with Crippen molar-refractivity contribution in [3.63, 3.8) is 0 Å². The lowest BCUT2D eigenvalue weighted by atomic mass is 9.95. The summed E-state index contributed by atoms with van der Waals surface area (Å²) in [5.74, 6) is -0.806. The second-order valence-electron chi connectivity index (χ2n) is 9.35. The molecule has 7 nitrogen and oxygen atoms in total. The normalized spacial score (nSPS) is 14.7. The molecule has 1 amide bonds. The topological polar surface area (TPSA) is 83.5 Å². The summed E-state index contributed by atoms with van der Waals surface area (Å²) in [6, 6.07) is 14.4. The van der Waals surface area contributed by atoms with Gasteiger partial charge in [-0.25, -0.2) is 17.8 Å². The molecular formula is C28H29FN4O3S2. The lowest BCUT2D eigenvalue weighted by molar-refractivity contribution is 0.0985. The van der Waals surface area contributed by atoms with Gasteiger partial charge in [0.15, 0.2) is 5.13 Å². The maximum atomic E-state index is 14.4. The van der Waals surface area contributed by atoms with Crippen LogP contribution in [0.1, 0.15) is 54.9 Å². The molecular weight excluding hydrogens is 523 g/mol. The number of nitrogens with zero attached hydrogens (tertiary/aromatic N) is 4. The molecule has 0 saturated heterocycles. The molecule has 10 heteroatoms. The van der Waals surface area contributed by atoms with Crippen molar-refractivity contribution in [2.75, 3.05) is 11.4 Å². The number of pyridine rings is 1. The lowest BCUT2D eigenvalue weighted by Gasteiger charge is -2.32. The first kappa shape index (κ1) is 26.4. The van der Waals surface area contributed by atoms with Gasteiger partial charge in [0.05, 0.1) is 16.1 Å². The Labute approximate surface area is 226 Å². The third-order valence-corrected chi connectivity index (χ3v) is 10.0. The first-order valence-electron chi connectivity index (χ1n) is 12.8. The molecule has 0 bridgehead atoms. The average Bonchev–Trinajstić information content (AvgIpc) is 3.38. The highest BCUT2D eigenvalue weighted by Gasteiger charge is 2.31. The Morgan fingerprint density at radius 2 is 1.74 bits per heavy atom. The fraction of sp³-hybridized carbons (Fsp3) is 0.321. The van der Waals surface area contributed by atoms with E-state index in [1.807, 2.05) is 6.92 Å². The van der Waals surface area contributed by atoms with E-state index in [-0.39, 0.29) is 28.9 Å². The third-order valence-electron chi connectivity index (χ3n) is 6.93. The van der Waals surface area contributed by atoms with E-state index in [1.165, 1.54) is 46.6 Å². The molecule has 38 heavy (non-hydrogen) atoms. The Hall–Kier alpha value is -3.21. The molecule has 0 spiro atoms. The van der Waals surface area contributed by atoms with Crippen LogP contribution in [0.25, 0.3) is 10.2 Å². The van der Waals surface area contributed by atoms with Gasteiger partial charge < -0.3 is 0 Å². The number of rotatable bonds is 8. The van der Waals surface area contributed by atoms with Gasteiger partial charge in [-0.1, -0.05) is 43.6 Å². The van der Waals surface area contributed by atoms with Crippen molar-refractivity contribution in [1.82, 2.24) is 14.3 Å². The van der Waals surface area contributed by atoms with Crippen molar-refractivity contribution in [3.05, 3.63) is 83.9 Å². The number of aromatic nitrogens is 2. The van der Waals surface area contributed by atoms with Crippen LogP contribution < -0.4 is 4.90 Å². The number of para-hydroxylation sites is 1. The highest BCUT2D eigenvalue weighted by Crippen LogP contribution is 2.33. The molecule has 0 aliphatic heterocycles. The van der Waals surface area contributed by atoms with Crippen LogP contribution in [0.5, 0.6) is 0 Å². The van der Waals surface area contributed by atoms with E-state index in [4.69, 9.17) is 0 Å². The zero-order valence-electron chi connectivity index (χ0n) is 21.1. The van der Waals surface area contributed by atoms with Crippen molar-refractivity contribution in [3.8, 4) is 0 Å². The molecule has 198 valence electrons. The molecule has 2 aromatic heterocycles. The minimum Gasteiger partial charge on any atom is -0.279 e. The van der Waals surface area contributed by atoms with Crippen LogP contribution in [0.15, 0.2) is 71.9 Å². The van der Waals surface area contributed by atoms with Crippen LogP contribution in [0, 0.1) is 5.82 Å². The zero-order chi connectivity index (χ0) is 26.7. The second-order valence-corrected chi connectivity index (χ2v) is 12.3. The van der Waals surface area contributed by atoms with Gasteiger partial charge in [0.2, 0.25) is 10.0 Å². The Kier molecular flexibility index (Phi) is 7.83. The largest absolute Gasteiger partial charge is 0.279 e. The van der Waals surface area contributed by atoms with Crippen LogP contribution in [-0.4, -0.2) is 41.2 Å². The number of anilines is 1. The maximum absolute atomic E-state index is 14.4. The van der Waals surface area contributed by atoms with Crippen LogP contribution in [0.3, 0.4) is 0 Å². The molecule has 1 aliphatic carbocycles. The monoisotopic (exact) mass is 552 g/mol. The van der Waals surface area contributed by atoms with E-state index in [9.17, 15) is 17.6 Å². The molecule has 1 fully saturated rings. The molecule has 4 aromatic rings. The van der Waals surface area contributed by atoms with E-state index in [1.54, 1.807) is 41.0 Å². The van der Waals surface area contributed by atoms with Crippen LogP contribution in [0.2, 0.25) is 0 Å². The van der Waals surface area contributed by atoms with Crippen molar-refractivity contribution >= 4 is 42.6 Å². The maximum Gasteiger partial charge on any atom is 0.260 e. The van der Waals surface area contributed by atoms with E-state index >= 15 is 0 Å². The molecule has 0 radical (unpaired) electrons. The number of fused-ring (bicyclic) bond motifs is 1. The van der Waals surface area contributed by atoms with Crippen LogP contribution in [0.4, 0.5) is 9.52 Å². The number of thiazole rings is 1. The Balaban J connectivity index is 1.45. The predicted molar refractivity (Wildman–Crippen MR) is 147 cm³/mol. The number of amides is 1. The standard InChI is InChI=1S/C28H29FN4O3S2/c1-2-33(22-7-4-3-5-8-22)38(35,36)23-13-11-21(12-14-23)27(34)32(19-20-15-17-30-18-16-20)28-31-26-24(29)9-6-10-25(26)37-28/h6,9-18,22H,2-5,7-8,19H2,1H3. The summed E-state index contributed by atoms with van der Waals surface area (Å²) >= 11 is 1.23. The summed E-state index contributed by atoms with van der Waals surface area (Å²) in [6.07, 6.45) is 8.23. The van der Waals surface area contributed by atoms with Gasteiger partial charge in [0.25, 0.3) is 5.91 Å². The van der Waals surface area contributed by atoms with Gasteiger partial charge in [-0.05, 0) is 66.9 Å². The number of carbonyl (C=O) groups is 1. The summed E-state index contributed by atoms with van der Waals surface area (Å²) in [6.45, 7) is 2.47. The lowest BCUT2D eigenvalue weighted by Crippen LogP contribution is -2.41. The summed E-state index contributed by atoms with van der Waals surface area (Å²) in [5, 5.41) is 0.359. The van der Waals surface area contributed by atoms with Gasteiger partial charge in [0, 0.05) is 30.5 Å². The van der Waals surface area contributed by atoms with Crippen molar-refractivity contribution in [2.24, 2.45) is 0 Å². The van der Waals surface area contributed by atoms with Gasteiger partial charge in [-0.3, -0.25) is 14.7 Å². The average molecular weight is 553 g/mol. The molecule has 0 unspecified atom stereocenters. The molecule has 5 rings (SSSR count). The molecule has 0 N–H and O–H groups in total. The van der Waals surface area contributed by atoms with Crippen molar-refractivity contribution in [1.29, 1.82) is 0 Å². The van der Waals surface area contributed by atoms with Crippen LogP contribution >= 0.6 is 11.3 Å². The number of sulfonamides is 1. The highest BCUT2D eigenvalue weighted by molar-refractivity contribution is 7.89. The Morgan fingerprint density at radius 1 is 1.03 bits per heavy atom. The summed E-state index contributed by atoms with van der Waals surface area (Å²) in [7, 11) is -3.69. The fourth-order valence-electron chi connectivity index (χ4n) is 4.97. The van der Waals surface area contributed by atoms with E-state index < -0.39 is 15.8 Å². The number of halogens is 1.